The average molecular weight is 254 g/mol. The van der Waals surface area contributed by atoms with Gasteiger partial charge in [0.05, 0.1) is 5.56 Å². The second-order valence-corrected chi connectivity index (χ2v) is 4.66. The second kappa shape index (κ2) is 5.45. The molecule has 1 saturated carbocycles. The number of halogens is 1. The molecule has 17 heavy (non-hydrogen) atoms. The maximum atomic E-state index is 11.1. The predicted octanol–water partition coefficient (Wildman–Crippen LogP) is 2.71. The molecule has 0 aliphatic heterocycles. The summed E-state index contributed by atoms with van der Waals surface area (Å²) >= 11 is 5.92. The quantitative estimate of drug-likeness (QED) is 0.578. The third kappa shape index (κ3) is 2.75. The summed E-state index contributed by atoms with van der Waals surface area (Å²) in [5.74, 6) is 0.691. The Morgan fingerprint density at radius 2 is 2.29 bits per heavy atom. The van der Waals surface area contributed by atoms with Crippen molar-refractivity contribution in [2.75, 3.05) is 11.4 Å². The number of rotatable bonds is 6. The van der Waals surface area contributed by atoms with Crippen molar-refractivity contribution in [1.29, 1.82) is 0 Å². The fourth-order valence-corrected chi connectivity index (χ4v) is 2.04. The molecule has 0 atom stereocenters. The number of unbranched alkanes of at least 4 members (excludes halogenated alkanes) is 1. The highest BCUT2D eigenvalue weighted by Crippen LogP contribution is 2.33. The van der Waals surface area contributed by atoms with E-state index in [-0.39, 0.29) is 5.15 Å². The van der Waals surface area contributed by atoms with Gasteiger partial charge in [-0.3, -0.25) is 4.79 Å². The van der Waals surface area contributed by atoms with Crippen molar-refractivity contribution in [2.45, 2.75) is 38.6 Å². The number of aldehydes is 1. The molecule has 0 radical (unpaired) electrons. The van der Waals surface area contributed by atoms with E-state index in [0.717, 1.165) is 25.7 Å². The molecule has 92 valence electrons. The summed E-state index contributed by atoms with van der Waals surface area (Å²) in [7, 11) is 0. The molecular weight excluding hydrogens is 238 g/mol. The van der Waals surface area contributed by atoms with Crippen LogP contribution in [0.2, 0.25) is 5.15 Å². The van der Waals surface area contributed by atoms with Gasteiger partial charge in [0.2, 0.25) is 0 Å². The topological polar surface area (TPSA) is 46.1 Å². The first-order valence-corrected chi connectivity index (χ1v) is 6.38. The van der Waals surface area contributed by atoms with E-state index in [2.05, 4.69) is 21.8 Å². The molecule has 4 nitrogen and oxygen atoms in total. The Kier molecular flexibility index (Phi) is 3.94. The number of hydrogen-bond donors (Lipinski definition) is 0. The summed E-state index contributed by atoms with van der Waals surface area (Å²) in [6.07, 6.45) is 6.73. The normalized spacial score (nSPS) is 14.7. The van der Waals surface area contributed by atoms with Crippen LogP contribution >= 0.6 is 11.6 Å². The van der Waals surface area contributed by atoms with E-state index in [0.29, 0.717) is 17.4 Å². The minimum Gasteiger partial charge on any atom is -0.353 e. The van der Waals surface area contributed by atoms with Crippen molar-refractivity contribution in [2.24, 2.45) is 0 Å². The summed E-state index contributed by atoms with van der Waals surface area (Å²) in [5, 5.41) is 0.243. The lowest BCUT2D eigenvalue weighted by molar-refractivity contribution is 0.112. The van der Waals surface area contributed by atoms with Crippen LogP contribution in [-0.4, -0.2) is 28.8 Å². The van der Waals surface area contributed by atoms with Crippen LogP contribution in [0.3, 0.4) is 0 Å². The number of anilines is 1. The van der Waals surface area contributed by atoms with Crippen LogP contribution in [0, 0.1) is 0 Å². The molecule has 0 unspecified atom stereocenters. The molecule has 0 aromatic carbocycles. The Labute approximate surface area is 106 Å². The van der Waals surface area contributed by atoms with Crippen LogP contribution in [0.1, 0.15) is 43.0 Å². The second-order valence-electron chi connectivity index (χ2n) is 4.30. The summed E-state index contributed by atoms with van der Waals surface area (Å²) in [6, 6.07) is 0.520. The molecule has 0 amide bonds. The number of hydrogen-bond acceptors (Lipinski definition) is 4. The summed E-state index contributed by atoms with van der Waals surface area (Å²) < 4.78 is 0. The highest BCUT2D eigenvalue weighted by atomic mass is 35.5. The van der Waals surface area contributed by atoms with Gasteiger partial charge in [-0.25, -0.2) is 9.97 Å². The lowest BCUT2D eigenvalue weighted by Gasteiger charge is -2.24. The third-order valence-electron chi connectivity index (χ3n) is 2.94. The van der Waals surface area contributed by atoms with Crippen molar-refractivity contribution >= 4 is 23.7 Å². The maximum absolute atomic E-state index is 11.1. The number of carbonyl (C=O) groups excluding carboxylic acids is 1. The summed E-state index contributed by atoms with van der Waals surface area (Å²) in [4.78, 5) is 21.3. The number of nitrogens with zero attached hydrogens (tertiary/aromatic N) is 3. The van der Waals surface area contributed by atoms with E-state index in [4.69, 9.17) is 11.6 Å². The van der Waals surface area contributed by atoms with Crippen LogP contribution in [-0.2, 0) is 0 Å². The van der Waals surface area contributed by atoms with Gasteiger partial charge < -0.3 is 4.90 Å². The first-order chi connectivity index (χ1) is 8.27. The van der Waals surface area contributed by atoms with E-state index >= 15 is 0 Å². The zero-order valence-corrected chi connectivity index (χ0v) is 10.7. The largest absolute Gasteiger partial charge is 0.353 e. The molecule has 1 aliphatic carbocycles. The molecule has 5 heteroatoms. The molecule has 0 N–H and O–H groups in total. The smallest absolute Gasteiger partial charge is 0.156 e. The van der Waals surface area contributed by atoms with Crippen LogP contribution in [0.5, 0.6) is 0 Å². The Morgan fingerprint density at radius 1 is 1.53 bits per heavy atom. The molecule has 1 aromatic rings. The Balaban J connectivity index is 2.28. The first-order valence-electron chi connectivity index (χ1n) is 6.00. The highest BCUT2D eigenvalue weighted by Gasteiger charge is 2.31. The molecule has 0 spiro atoms. The van der Waals surface area contributed by atoms with Gasteiger partial charge in [-0.2, -0.15) is 0 Å². The monoisotopic (exact) mass is 253 g/mol. The van der Waals surface area contributed by atoms with Crippen LogP contribution < -0.4 is 4.90 Å². The Morgan fingerprint density at radius 3 is 2.88 bits per heavy atom. The van der Waals surface area contributed by atoms with Crippen molar-refractivity contribution in [3.05, 3.63) is 17.0 Å². The van der Waals surface area contributed by atoms with E-state index in [1.165, 1.54) is 19.2 Å². The van der Waals surface area contributed by atoms with Crippen molar-refractivity contribution < 1.29 is 4.79 Å². The summed E-state index contributed by atoms with van der Waals surface area (Å²) in [5.41, 5.74) is 0.414. The van der Waals surface area contributed by atoms with Crippen LogP contribution in [0.4, 0.5) is 5.82 Å². The van der Waals surface area contributed by atoms with Crippen LogP contribution in [0.25, 0.3) is 0 Å². The molecule has 1 aromatic heterocycles. The van der Waals surface area contributed by atoms with E-state index < -0.39 is 0 Å². The van der Waals surface area contributed by atoms with Gasteiger partial charge in [-0.1, -0.05) is 24.9 Å². The molecular formula is C12H16ClN3O. The highest BCUT2D eigenvalue weighted by molar-refractivity contribution is 6.32. The molecule has 0 saturated heterocycles. The van der Waals surface area contributed by atoms with E-state index in [1.54, 1.807) is 0 Å². The zero-order valence-electron chi connectivity index (χ0n) is 9.90. The SMILES string of the molecule is CCCCN(c1ncnc(Cl)c1C=O)C1CC1. The minimum absolute atomic E-state index is 0.243. The average Bonchev–Trinajstić information content (AvgIpc) is 3.14. The lowest BCUT2D eigenvalue weighted by atomic mass is 10.2. The van der Waals surface area contributed by atoms with Gasteiger partial charge in [0, 0.05) is 12.6 Å². The number of aromatic nitrogens is 2. The molecule has 1 heterocycles. The van der Waals surface area contributed by atoms with Gasteiger partial charge in [-0.15, -0.1) is 0 Å². The van der Waals surface area contributed by atoms with Gasteiger partial charge in [-0.05, 0) is 19.3 Å². The minimum atomic E-state index is 0.243. The predicted molar refractivity (Wildman–Crippen MR) is 67.7 cm³/mol. The fraction of sp³-hybridized carbons (Fsp3) is 0.583. The third-order valence-corrected chi connectivity index (χ3v) is 3.25. The van der Waals surface area contributed by atoms with Crippen molar-refractivity contribution in [3.63, 3.8) is 0 Å². The molecule has 0 bridgehead atoms. The Bertz CT molecular complexity index is 407. The van der Waals surface area contributed by atoms with Crippen molar-refractivity contribution in [3.8, 4) is 0 Å². The first kappa shape index (κ1) is 12.3. The van der Waals surface area contributed by atoms with Gasteiger partial charge in [0.15, 0.2) is 6.29 Å². The van der Waals surface area contributed by atoms with Gasteiger partial charge in [0.1, 0.15) is 17.3 Å². The lowest BCUT2D eigenvalue weighted by Crippen LogP contribution is -2.29. The Hall–Kier alpha value is -1.16. The summed E-state index contributed by atoms with van der Waals surface area (Å²) in [6.45, 7) is 3.08. The molecule has 2 rings (SSSR count). The molecule has 1 aliphatic rings. The fourth-order valence-electron chi connectivity index (χ4n) is 1.87. The van der Waals surface area contributed by atoms with E-state index in [1.807, 2.05) is 0 Å². The van der Waals surface area contributed by atoms with Gasteiger partial charge in [0.25, 0.3) is 0 Å². The van der Waals surface area contributed by atoms with Crippen molar-refractivity contribution in [1.82, 2.24) is 9.97 Å². The standard InChI is InChI=1S/C12H16ClN3O/c1-2-3-6-16(9-4-5-9)12-10(7-17)11(13)14-8-15-12/h7-9H,2-6H2,1H3. The van der Waals surface area contributed by atoms with Crippen LogP contribution in [0.15, 0.2) is 6.33 Å². The molecule has 1 fully saturated rings. The van der Waals surface area contributed by atoms with E-state index in [9.17, 15) is 4.79 Å². The van der Waals surface area contributed by atoms with Gasteiger partial charge >= 0.3 is 0 Å². The zero-order chi connectivity index (χ0) is 12.3. The number of carbonyl (C=O) groups is 1. The maximum Gasteiger partial charge on any atom is 0.156 e.